The Bertz CT molecular complexity index is 1220. The Kier molecular flexibility index (Phi) is 5.49. The van der Waals surface area contributed by atoms with Crippen LogP contribution in [0.4, 0.5) is 0 Å². The van der Waals surface area contributed by atoms with Crippen molar-refractivity contribution in [3.05, 3.63) is 81.5 Å². The standard InChI is InChI=1S/C27H26N2O4S/c30-26(28-15-17-11-12-21-22(14-17)33-16-32-21)24-19-8-3-4-9-20(19)27(31)29(18-6-1-2-7-18)25(24)23-10-5-13-34-23/h3-5,8-14,18,24-25H,1-2,6-7,15-16H2,(H,28,30)/t24-,25-/m1/s1. The van der Waals surface area contributed by atoms with Gasteiger partial charge in [0.05, 0.1) is 12.0 Å². The van der Waals surface area contributed by atoms with Gasteiger partial charge < -0.3 is 19.7 Å². The van der Waals surface area contributed by atoms with Crippen molar-refractivity contribution in [2.24, 2.45) is 0 Å². The normalized spacial score (nSPS) is 21.5. The van der Waals surface area contributed by atoms with Crippen molar-refractivity contribution < 1.29 is 19.1 Å². The van der Waals surface area contributed by atoms with Crippen LogP contribution in [0.1, 0.15) is 64.0 Å². The molecule has 1 aliphatic carbocycles. The molecule has 6 nitrogen and oxygen atoms in total. The molecule has 3 aromatic rings. The van der Waals surface area contributed by atoms with Gasteiger partial charge in [0.15, 0.2) is 11.5 Å². The molecule has 2 atom stereocenters. The van der Waals surface area contributed by atoms with E-state index < -0.39 is 5.92 Å². The summed E-state index contributed by atoms with van der Waals surface area (Å²) < 4.78 is 10.9. The van der Waals surface area contributed by atoms with Gasteiger partial charge in [-0.05, 0) is 53.6 Å². The minimum Gasteiger partial charge on any atom is -0.454 e. The van der Waals surface area contributed by atoms with Crippen LogP contribution in [0, 0.1) is 0 Å². The number of nitrogens with zero attached hydrogens (tertiary/aromatic N) is 1. The van der Waals surface area contributed by atoms with Crippen LogP contribution in [0.15, 0.2) is 60.0 Å². The summed E-state index contributed by atoms with van der Waals surface area (Å²) in [5.74, 6) is 0.922. The second kappa shape index (κ2) is 8.80. The van der Waals surface area contributed by atoms with Crippen LogP contribution in [-0.4, -0.2) is 29.5 Å². The first kappa shape index (κ1) is 21.2. The minimum absolute atomic E-state index is 0.0423. The number of hydrogen-bond donors (Lipinski definition) is 1. The van der Waals surface area contributed by atoms with Gasteiger partial charge in [-0.15, -0.1) is 11.3 Å². The number of fused-ring (bicyclic) bond motifs is 2. The van der Waals surface area contributed by atoms with Gasteiger partial charge in [-0.1, -0.05) is 43.2 Å². The summed E-state index contributed by atoms with van der Waals surface area (Å²) in [4.78, 5) is 30.7. The topological polar surface area (TPSA) is 67.9 Å². The van der Waals surface area contributed by atoms with Crippen molar-refractivity contribution >= 4 is 23.2 Å². The van der Waals surface area contributed by atoms with Crippen LogP contribution in [0.3, 0.4) is 0 Å². The molecular formula is C27H26N2O4S. The Morgan fingerprint density at radius 2 is 1.85 bits per heavy atom. The Morgan fingerprint density at radius 3 is 2.68 bits per heavy atom. The Morgan fingerprint density at radius 1 is 1.03 bits per heavy atom. The monoisotopic (exact) mass is 474 g/mol. The molecule has 0 radical (unpaired) electrons. The lowest BCUT2D eigenvalue weighted by molar-refractivity contribution is -0.124. The quantitative estimate of drug-likeness (QED) is 0.564. The fourth-order valence-corrected chi connectivity index (χ4v) is 6.39. The molecule has 1 fully saturated rings. The number of amides is 2. The molecule has 3 heterocycles. The van der Waals surface area contributed by atoms with E-state index in [-0.39, 0.29) is 30.7 Å². The number of carbonyl (C=O) groups excluding carboxylic acids is 2. The first-order valence-corrected chi connectivity index (χ1v) is 12.7. The van der Waals surface area contributed by atoms with E-state index in [2.05, 4.69) is 11.4 Å². The van der Waals surface area contributed by atoms with Gasteiger partial charge in [0.1, 0.15) is 0 Å². The maximum atomic E-state index is 13.8. The highest BCUT2D eigenvalue weighted by molar-refractivity contribution is 7.10. The second-order valence-corrected chi connectivity index (χ2v) is 10.1. The fraction of sp³-hybridized carbons (Fsp3) is 0.333. The van der Waals surface area contributed by atoms with E-state index in [9.17, 15) is 9.59 Å². The van der Waals surface area contributed by atoms with Crippen LogP contribution in [0.2, 0.25) is 0 Å². The number of ether oxygens (including phenoxy) is 2. The highest BCUT2D eigenvalue weighted by Gasteiger charge is 2.47. The van der Waals surface area contributed by atoms with Crippen molar-refractivity contribution in [2.75, 3.05) is 6.79 Å². The highest BCUT2D eigenvalue weighted by Crippen LogP contribution is 2.47. The largest absolute Gasteiger partial charge is 0.454 e. The van der Waals surface area contributed by atoms with Crippen molar-refractivity contribution in [2.45, 2.75) is 50.2 Å². The van der Waals surface area contributed by atoms with Crippen LogP contribution < -0.4 is 14.8 Å². The summed E-state index contributed by atoms with van der Waals surface area (Å²) in [6, 6.07) is 17.2. The number of rotatable bonds is 5. The molecular weight excluding hydrogens is 448 g/mol. The minimum atomic E-state index is -0.470. The molecule has 7 heteroatoms. The molecule has 2 aromatic carbocycles. The lowest BCUT2D eigenvalue weighted by Crippen LogP contribution is -2.50. The summed E-state index contributed by atoms with van der Waals surface area (Å²) in [5, 5.41) is 5.17. The summed E-state index contributed by atoms with van der Waals surface area (Å²) in [6.07, 6.45) is 4.21. The first-order valence-electron chi connectivity index (χ1n) is 11.8. The average molecular weight is 475 g/mol. The van der Waals surface area contributed by atoms with Gasteiger partial charge in [0.25, 0.3) is 5.91 Å². The molecule has 1 saturated carbocycles. The van der Waals surface area contributed by atoms with Crippen LogP contribution in [0.5, 0.6) is 11.5 Å². The van der Waals surface area contributed by atoms with Crippen LogP contribution >= 0.6 is 11.3 Å². The molecule has 6 rings (SSSR count). The average Bonchev–Trinajstić information content (AvgIpc) is 3.65. The second-order valence-electron chi connectivity index (χ2n) is 9.08. The zero-order valence-electron chi connectivity index (χ0n) is 18.7. The number of carbonyl (C=O) groups is 2. The van der Waals surface area contributed by atoms with Crippen molar-refractivity contribution in [3.8, 4) is 11.5 Å². The third-order valence-corrected chi connectivity index (χ3v) is 8.06. The maximum Gasteiger partial charge on any atom is 0.254 e. The van der Waals surface area contributed by atoms with Gasteiger partial charge in [0, 0.05) is 23.0 Å². The summed E-state index contributed by atoms with van der Waals surface area (Å²) >= 11 is 1.61. The molecule has 0 bridgehead atoms. The molecule has 3 aliphatic rings. The van der Waals surface area contributed by atoms with Crippen LogP contribution in [0.25, 0.3) is 0 Å². The smallest absolute Gasteiger partial charge is 0.254 e. The molecule has 2 aliphatic heterocycles. The van der Waals surface area contributed by atoms with Gasteiger partial charge in [0.2, 0.25) is 12.7 Å². The maximum absolute atomic E-state index is 13.8. The molecule has 1 aromatic heterocycles. The van der Waals surface area contributed by atoms with E-state index in [4.69, 9.17) is 9.47 Å². The van der Waals surface area contributed by atoms with Crippen LogP contribution in [-0.2, 0) is 11.3 Å². The van der Waals surface area contributed by atoms with E-state index in [1.54, 1.807) is 11.3 Å². The third kappa shape index (κ3) is 3.64. The van der Waals surface area contributed by atoms with Gasteiger partial charge in [-0.3, -0.25) is 9.59 Å². The SMILES string of the molecule is O=C(NCc1ccc2c(c1)OCO2)[C@@H]1c2ccccc2C(=O)N(C2CCCC2)[C@@H]1c1cccs1. The van der Waals surface area contributed by atoms with Gasteiger partial charge >= 0.3 is 0 Å². The number of nitrogens with one attached hydrogen (secondary N) is 1. The van der Waals surface area contributed by atoms with Crippen molar-refractivity contribution in [1.29, 1.82) is 0 Å². The summed E-state index contributed by atoms with van der Waals surface area (Å²) in [6.45, 7) is 0.597. The molecule has 0 spiro atoms. The number of hydrogen-bond acceptors (Lipinski definition) is 5. The molecule has 174 valence electrons. The molecule has 2 amide bonds. The van der Waals surface area contributed by atoms with E-state index in [0.717, 1.165) is 47.4 Å². The number of benzene rings is 2. The Balaban J connectivity index is 1.36. The van der Waals surface area contributed by atoms with E-state index in [1.807, 2.05) is 58.8 Å². The van der Waals surface area contributed by atoms with Gasteiger partial charge in [-0.2, -0.15) is 0 Å². The molecule has 1 N–H and O–H groups in total. The first-order chi connectivity index (χ1) is 16.7. The lowest BCUT2D eigenvalue weighted by Gasteiger charge is -2.44. The van der Waals surface area contributed by atoms with E-state index in [1.165, 1.54) is 0 Å². The number of thiophene rings is 1. The summed E-state index contributed by atoms with van der Waals surface area (Å²) in [7, 11) is 0. The molecule has 0 saturated heterocycles. The van der Waals surface area contributed by atoms with Crippen molar-refractivity contribution in [1.82, 2.24) is 10.2 Å². The Labute approximate surface area is 202 Å². The summed E-state index contributed by atoms with van der Waals surface area (Å²) in [5.41, 5.74) is 2.40. The Hall–Kier alpha value is -3.32. The lowest BCUT2D eigenvalue weighted by atomic mass is 9.80. The zero-order valence-corrected chi connectivity index (χ0v) is 19.6. The zero-order chi connectivity index (χ0) is 23.1. The predicted octanol–water partition coefficient (Wildman–Crippen LogP) is 5.02. The highest BCUT2D eigenvalue weighted by atomic mass is 32.1. The predicted molar refractivity (Wildman–Crippen MR) is 129 cm³/mol. The van der Waals surface area contributed by atoms with E-state index in [0.29, 0.717) is 17.9 Å². The molecule has 0 unspecified atom stereocenters. The van der Waals surface area contributed by atoms with Crippen molar-refractivity contribution in [3.63, 3.8) is 0 Å². The fourth-order valence-electron chi connectivity index (χ4n) is 5.53. The van der Waals surface area contributed by atoms with Gasteiger partial charge in [-0.25, -0.2) is 0 Å². The van der Waals surface area contributed by atoms with E-state index >= 15 is 0 Å². The third-order valence-electron chi connectivity index (χ3n) is 7.12. The molecule has 34 heavy (non-hydrogen) atoms.